The number of anilines is 1. The number of sulfonamides is 1. The van der Waals surface area contributed by atoms with Crippen LogP contribution in [-0.4, -0.2) is 23.7 Å². The van der Waals surface area contributed by atoms with Crippen molar-refractivity contribution in [3.8, 4) is 5.69 Å². The predicted octanol–water partition coefficient (Wildman–Crippen LogP) is 5.78. The standard InChI is InChI=1S/C26H25N3O5S/c1-15-6-8-20(9-7-15)28-18(4)25(19(5)30)23-14-24(16(2)17(3)26(23)28)27-35(33,34)22-12-10-21(11-13-22)29(31)32/h6-14,27H,1-5H3. The second-order valence-electron chi connectivity index (χ2n) is 8.61. The number of ketones is 1. The zero-order chi connectivity index (χ0) is 25.7. The molecule has 1 heterocycles. The summed E-state index contributed by atoms with van der Waals surface area (Å²) in [4.78, 5) is 22.9. The fourth-order valence-electron chi connectivity index (χ4n) is 4.37. The molecule has 0 spiro atoms. The van der Waals surface area contributed by atoms with Crippen molar-refractivity contribution >= 4 is 38.1 Å². The number of nitro groups is 1. The van der Waals surface area contributed by atoms with Gasteiger partial charge in [-0.2, -0.15) is 0 Å². The number of aryl methyl sites for hydroxylation is 2. The Labute approximate surface area is 203 Å². The van der Waals surface area contributed by atoms with E-state index in [1.807, 2.05) is 56.5 Å². The van der Waals surface area contributed by atoms with Crippen molar-refractivity contribution in [1.82, 2.24) is 4.57 Å². The summed E-state index contributed by atoms with van der Waals surface area (Å²) in [6.07, 6.45) is 0. The molecular formula is C26H25N3O5S. The van der Waals surface area contributed by atoms with Gasteiger partial charge in [-0.3, -0.25) is 19.6 Å². The first-order valence-corrected chi connectivity index (χ1v) is 12.4. The largest absolute Gasteiger partial charge is 0.313 e. The van der Waals surface area contributed by atoms with Crippen molar-refractivity contribution in [3.63, 3.8) is 0 Å². The van der Waals surface area contributed by atoms with Gasteiger partial charge in [0.15, 0.2) is 5.78 Å². The molecule has 0 saturated heterocycles. The molecule has 4 aromatic rings. The first-order chi connectivity index (χ1) is 16.4. The Morgan fingerprint density at radius 2 is 1.54 bits per heavy atom. The van der Waals surface area contributed by atoms with E-state index < -0.39 is 14.9 Å². The Morgan fingerprint density at radius 1 is 0.943 bits per heavy atom. The minimum absolute atomic E-state index is 0.0968. The fraction of sp³-hybridized carbons (Fsp3) is 0.192. The normalized spacial score (nSPS) is 11.6. The number of rotatable bonds is 6. The van der Waals surface area contributed by atoms with Crippen LogP contribution in [0.15, 0.2) is 59.5 Å². The molecule has 9 heteroatoms. The Bertz CT molecular complexity index is 1600. The number of fused-ring (bicyclic) bond motifs is 1. The third kappa shape index (κ3) is 4.19. The molecule has 35 heavy (non-hydrogen) atoms. The summed E-state index contributed by atoms with van der Waals surface area (Å²) >= 11 is 0. The van der Waals surface area contributed by atoms with Crippen molar-refractivity contribution in [3.05, 3.63) is 92.7 Å². The molecule has 180 valence electrons. The lowest BCUT2D eigenvalue weighted by molar-refractivity contribution is -0.384. The maximum atomic E-state index is 13.1. The van der Waals surface area contributed by atoms with Gasteiger partial charge in [-0.1, -0.05) is 17.7 Å². The number of nitrogens with one attached hydrogen (secondary N) is 1. The molecule has 1 N–H and O–H groups in total. The van der Waals surface area contributed by atoms with Crippen LogP contribution in [0.2, 0.25) is 0 Å². The van der Waals surface area contributed by atoms with Gasteiger partial charge in [0.05, 0.1) is 21.0 Å². The van der Waals surface area contributed by atoms with Gasteiger partial charge in [-0.25, -0.2) is 8.42 Å². The van der Waals surface area contributed by atoms with E-state index in [0.29, 0.717) is 22.2 Å². The molecule has 0 aliphatic carbocycles. The summed E-state index contributed by atoms with van der Waals surface area (Å²) in [5, 5.41) is 11.6. The van der Waals surface area contributed by atoms with E-state index in [1.165, 1.54) is 19.1 Å². The molecule has 4 rings (SSSR count). The number of nitro benzene ring substituents is 1. The van der Waals surface area contributed by atoms with E-state index in [-0.39, 0.29) is 16.4 Å². The van der Waals surface area contributed by atoms with Gasteiger partial charge in [-0.05, 0) is 76.1 Å². The highest BCUT2D eigenvalue weighted by molar-refractivity contribution is 7.92. The molecule has 0 aliphatic rings. The van der Waals surface area contributed by atoms with Gasteiger partial charge in [0, 0.05) is 34.5 Å². The molecule has 0 atom stereocenters. The summed E-state index contributed by atoms with van der Waals surface area (Å²) in [6, 6.07) is 14.4. The number of benzene rings is 3. The van der Waals surface area contributed by atoms with E-state index in [1.54, 1.807) is 6.07 Å². The van der Waals surface area contributed by atoms with Gasteiger partial charge >= 0.3 is 0 Å². The zero-order valence-electron chi connectivity index (χ0n) is 20.0. The average molecular weight is 492 g/mol. The van der Waals surface area contributed by atoms with Gasteiger partial charge in [0.25, 0.3) is 15.7 Å². The summed E-state index contributed by atoms with van der Waals surface area (Å²) in [5.41, 5.74) is 5.86. The molecule has 0 saturated carbocycles. The highest BCUT2D eigenvalue weighted by Crippen LogP contribution is 2.37. The Kier molecular flexibility index (Phi) is 5.98. The third-order valence-corrected chi connectivity index (χ3v) is 7.68. The third-order valence-electron chi connectivity index (χ3n) is 6.30. The molecule has 0 bridgehead atoms. The van der Waals surface area contributed by atoms with Crippen LogP contribution in [0, 0.1) is 37.8 Å². The SMILES string of the molecule is CC(=O)c1c(C)n(-c2ccc(C)cc2)c2c(C)c(C)c(NS(=O)(=O)c3ccc([N+](=O)[O-])cc3)cc12. The number of hydrogen-bond donors (Lipinski definition) is 1. The molecule has 0 aliphatic heterocycles. The molecule has 1 aromatic heterocycles. The second-order valence-corrected chi connectivity index (χ2v) is 10.3. The molecule has 0 unspecified atom stereocenters. The first kappa shape index (κ1) is 24.2. The highest BCUT2D eigenvalue weighted by Gasteiger charge is 2.24. The van der Waals surface area contributed by atoms with Crippen molar-refractivity contribution < 1.29 is 18.1 Å². The number of non-ortho nitro benzene ring substituents is 1. The maximum absolute atomic E-state index is 13.1. The molecular weight excluding hydrogens is 466 g/mol. The summed E-state index contributed by atoms with van der Waals surface area (Å²) in [5.74, 6) is -0.120. The van der Waals surface area contributed by atoms with E-state index >= 15 is 0 Å². The predicted molar refractivity (Wildman–Crippen MR) is 136 cm³/mol. The lowest BCUT2D eigenvalue weighted by Crippen LogP contribution is -2.14. The van der Waals surface area contributed by atoms with Crippen LogP contribution in [0.4, 0.5) is 11.4 Å². The van der Waals surface area contributed by atoms with E-state index in [0.717, 1.165) is 40.2 Å². The van der Waals surface area contributed by atoms with Crippen LogP contribution < -0.4 is 4.72 Å². The number of aromatic nitrogens is 1. The lowest BCUT2D eigenvalue weighted by Gasteiger charge is -2.16. The van der Waals surface area contributed by atoms with E-state index in [9.17, 15) is 23.3 Å². The van der Waals surface area contributed by atoms with Crippen LogP contribution in [0.1, 0.15) is 39.7 Å². The number of hydrogen-bond acceptors (Lipinski definition) is 5. The second kappa shape index (κ2) is 8.66. The number of carbonyl (C=O) groups excluding carboxylic acids is 1. The van der Waals surface area contributed by atoms with Crippen molar-refractivity contribution in [1.29, 1.82) is 0 Å². The minimum Gasteiger partial charge on any atom is -0.313 e. The molecule has 0 radical (unpaired) electrons. The van der Waals surface area contributed by atoms with Crippen LogP contribution in [-0.2, 0) is 10.0 Å². The number of carbonyl (C=O) groups is 1. The quantitative estimate of drug-likeness (QED) is 0.209. The van der Waals surface area contributed by atoms with Gasteiger partial charge in [0.1, 0.15) is 0 Å². The average Bonchev–Trinajstić information content (AvgIpc) is 3.09. The lowest BCUT2D eigenvalue weighted by atomic mass is 10.0. The monoisotopic (exact) mass is 491 g/mol. The highest BCUT2D eigenvalue weighted by atomic mass is 32.2. The van der Waals surface area contributed by atoms with E-state index in [4.69, 9.17) is 0 Å². The van der Waals surface area contributed by atoms with E-state index in [2.05, 4.69) is 4.72 Å². The topological polar surface area (TPSA) is 111 Å². The fourth-order valence-corrected chi connectivity index (χ4v) is 5.49. The Morgan fingerprint density at radius 3 is 2.09 bits per heavy atom. The summed E-state index contributed by atoms with van der Waals surface area (Å²) in [6.45, 7) is 9.10. The van der Waals surface area contributed by atoms with Crippen molar-refractivity contribution in [2.45, 2.75) is 39.5 Å². The van der Waals surface area contributed by atoms with Crippen LogP contribution >= 0.6 is 0 Å². The Balaban J connectivity index is 1.90. The van der Waals surface area contributed by atoms with Crippen LogP contribution in [0.25, 0.3) is 16.6 Å². The maximum Gasteiger partial charge on any atom is 0.269 e. The Hall–Kier alpha value is -3.98. The van der Waals surface area contributed by atoms with Gasteiger partial charge in [0.2, 0.25) is 0 Å². The van der Waals surface area contributed by atoms with Crippen LogP contribution in [0.5, 0.6) is 0 Å². The first-order valence-electron chi connectivity index (χ1n) is 10.9. The zero-order valence-corrected chi connectivity index (χ0v) is 20.9. The molecule has 0 amide bonds. The van der Waals surface area contributed by atoms with Crippen molar-refractivity contribution in [2.75, 3.05) is 4.72 Å². The minimum atomic E-state index is -4.02. The smallest absolute Gasteiger partial charge is 0.269 e. The number of nitrogens with zero attached hydrogens (tertiary/aromatic N) is 2. The van der Waals surface area contributed by atoms with Gasteiger partial charge in [-0.15, -0.1) is 0 Å². The number of Topliss-reactive ketones (excluding diaryl/α,β-unsaturated/α-hetero) is 1. The molecule has 3 aromatic carbocycles. The van der Waals surface area contributed by atoms with Crippen molar-refractivity contribution in [2.24, 2.45) is 0 Å². The van der Waals surface area contributed by atoms with Gasteiger partial charge < -0.3 is 4.57 Å². The summed E-state index contributed by atoms with van der Waals surface area (Å²) < 4.78 is 30.8. The molecule has 0 fully saturated rings. The van der Waals surface area contributed by atoms with Crippen LogP contribution in [0.3, 0.4) is 0 Å². The summed E-state index contributed by atoms with van der Waals surface area (Å²) in [7, 11) is -4.02. The molecule has 8 nitrogen and oxygen atoms in total.